The molecule has 17 heavy (non-hydrogen) atoms. The zero-order valence-corrected chi connectivity index (χ0v) is 11.1. The second-order valence-corrected chi connectivity index (χ2v) is 5.73. The molecule has 94 valence electrons. The van der Waals surface area contributed by atoms with E-state index in [0.717, 1.165) is 19.5 Å². The van der Waals surface area contributed by atoms with E-state index in [1.165, 1.54) is 11.3 Å². The van der Waals surface area contributed by atoms with Crippen LogP contribution in [0.1, 0.15) is 23.0 Å². The first kappa shape index (κ1) is 12.4. The van der Waals surface area contributed by atoms with E-state index in [1.807, 2.05) is 5.38 Å². The van der Waals surface area contributed by atoms with Crippen LogP contribution in [0.5, 0.6) is 0 Å². The molecular weight excluding hydrogens is 234 g/mol. The van der Waals surface area contributed by atoms with Crippen molar-refractivity contribution in [2.45, 2.75) is 19.4 Å². The fourth-order valence-corrected chi connectivity index (χ4v) is 3.03. The van der Waals surface area contributed by atoms with Crippen LogP contribution < -0.4 is 11.1 Å². The van der Waals surface area contributed by atoms with Crippen molar-refractivity contribution < 1.29 is 4.79 Å². The highest BCUT2D eigenvalue weighted by Crippen LogP contribution is 2.21. The number of likely N-dealkylation sites (tertiary alicyclic amines) is 1. The Morgan fingerprint density at radius 3 is 3.00 bits per heavy atom. The summed E-state index contributed by atoms with van der Waals surface area (Å²) in [5.41, 5.74) is 6.32. The second kappa shape index (κ2) is 5.06. The lowest BCUT2D eigenvalue weighted by Gasteiger charge is -2.35. The lowest BCUT2D eigenvalue weighted by Crippen LogP contribution is -2.48. The number of nitrogens with one attached hydrogen (secondary N) is 1. The third-order valence-electron chi connectivity index (χ3n) is 3.33. The molecule has 5 heteroatoms. The summed E-state index contributed by atoms with van der Waals surface area (Å²) in [6, 6.07) is 2.04. The van der Waals surface area contributed by atoms with Crippen molar-refractivity contribution in [2.24, 2.45) is 5.92 Å². The Balaban J connectivity index is 1.97. The van der Waals surface area contributed by atoms with Gasteiger partial charge in [-0.3, -0.25) is 4.79 Å². The smallest absolute Gasteiger partial charge is 0.263 e. The second-order valence-electron chi connectivity index (χ2n) is 4.81. The first-order valence-corrected chi connectivity index (χ1v) is 6.78. The van der Waals surface area contributed by atoms with Crippen LogP contribution in [0.2, 0.25) is 0 Å². The Morgan fingerprint density at radius 2 is 2.41 bits per heavy atom. The van der Waals surface area contributed by atoms with Gasteiger partial charge < -0.3 is 16.0 Å². The minimum Gasteiger partial charge on any atom is -0.397 e. The van der Waals surface area contributed by atoms with Crippen molar-refractivity contribution in [1.29, 1.82) is 0 Å². The zero-order chi connectivity index (χ0) is 12.4. The number of anilines is 1. The summed E-state index contributed by atoms with van der Waals surface area (Å²) >= 11 is 1.40. The number of amides is 1. The summed E-state index contributed by atoms with van der Waals surface area (Å²) < 4.78 is 0. The van der Waals surface area contributed by atoms with Gasteiger partial charge in [-0.05, 0) is 37.4 Å². The number of hydrogen-bond acceptors (Lipinski definition) is 4. The van der Waals surface area contributed by atoms with Crippen molar-refractivity contribution in [3.63, 3.8) is 0 Å². The summed E-state index contributed by atoms with van der Waals surface area (Å²) in [5.74, 6) is 0.456. The van der Waals surface area contributed by atoms with Gasteiger partial charge in [0, 0.05) is 12.6 Å². The largest absolute Gasteiger partial charge is 0.397 e. The molecule has 2 atom stereocenters. The van der Waals surface area contributed by atoms with E-state index in [-0.39, 0.29) is 11.9 Å². The van der Waals surface area contributed by atoms with Gasteiger partial charge in [0.05, 0.1) is 5.69 Å². The molecule has 2 unspecified atom stereocenters. The predicted molar refractivity (Wildman–Crippen MR) is 71.3 cm³/mol. The highest BCUT2D eigenvalue weighted by molar-refractivity contribution is 7.12. The number of piperidine rings is 1. The zero-order valence-electron chi connectivity index (χ0n) is 10.3. The van der Waals surface area contributed by atoms with Crippen molar-refractivity contribution in [3.05, 3.63) is 16.3 Å². The van der Waals surface area contributed by atoms with Gasteiger partial charge in [-0.15, -0.1) is 11.3 Å². The Bertz CT molecular complexity index is 404. The molecule has 1 amide bonds. The molecule has 2 rings (SSSR count). The van der Waals surface area contributed by atoms with Crippen LogP contribution in [0.15, 0.2) is 11.4 Å². The van der Waals surface area contributed by atoms with Gasteiger partial charge in [-0.2, -0.15) is 0 Å². The van der Waals surface area contributed by atoms with Crippen LogP contribution in [-0.2, 0) is 0 Å². The van der Waals surface area contributed by atoms with Crippen LogP contribution in [0.25, 0.3) is 0 Å². The molecular formula is C12H19N3OS. The third kappa shape index (κ3) is 2.79. The van der Waals surface area contributed by atoms with E-state index in [0.29, 0.717) is 16.5 Å². The van der Waals surface area contributed by atoms with Gasteiger partial charge in [-0.25, -0.2) is 0 Å². The Kier molecular flexibility index (Phi) is 3.69. The fraction of sp³-hybridized carbons (Fsp3) is 0.583. The summed E-state index contributed by atoms with van der Waals surface area (Å²) in [5, 5.41) is 4.95. The van der Waals surface area contributed by atoms with E-state index in [2.05, 4.69) is 24.2 Å². The molecule has 0 spiro atoms. The maximum Gasteiger partial charge on any atom is 0.263 e. The summed E-state index contributed by atoms with van der Waals surface area (Å²) in [6.45, 7) is 4.25. The first-order chi connectivity index (χ1) is 8.08. The van der Waals surface area contributed by atoms with Crippen molar-refractivity contribution in [3.8, 4) is 0 Å². The van der Waals surface area contributed by atoms with Crippen molar-refractivity contribution >= 4 is 22.9 Å². The van der Waals surface area contributed by atoms with Gasteiger partial charge in [0.15, 0.2) is 0 Å². The van der Waals surface area contributed by atoms with Gasteiger partial charge in [0.25, 0.3) is 5.91 Å². The van der Waals surface area contributed by atoms with E-state index in [4.69, 9.17) is 5.73 Å². The Morgan fingerprint density at radius 1 is 1.65 bits per heavy atom. The predicted octanol–water partition coefficient (Wildman–Crippen LogP) is 1.40. The lowest BCUT2D eigenvalue weighted by atomic mass is 9.94. The molecule has 1 saturated heterocycles. The van der Waals surface area contributed by atoms with Crippen LogP contribution in [0.4, 0.5) is 5.69 Å². The first-order valence-electron chi connectivity index (χ1n) is 5.90. The molecule has 3 N–H and O–H groups in total. The van der Waals surface area contributed by atoms with Gasteiger partial charge in [0.1, 0.15) is 4.88 Å². The molecule has 1 aromatic heterocycles. The SMILES string of the molecule is CC1CN(C)CCC1NC(=O)c1sccc1N. The maximum absolute atomic E-state index is 12.0. The number of thiophene rings is 1. The summed E-state index contributed by atoms with van der Waals surface area (Å²) in [7, 11) is 2.12. The molecule has 1 aliphatic rings. The molecule has 2 heterocycles. The Labute approximate surface area is 106 Å². The minimum absolute atomic E-state index is 0.0288. The Hall–Kier alpha value is -1.07. The van der Waals surface area contributed by atoms with Crippen molar-refractivity contribution in [2.75, 3.05) is 25.9 Å². The molecule has 4 nitrogen and oxygen atoms in total. The van der Waals surface area contributed by atoms with E-state index >= 15 is 0 Å². The van der Waals surface area contributed by atoms with Crippen LogP contribution in [0.3, 0.4) is 0 Å². The van der Waals surface area contributed by atoms with Gasteiger partial charge in [-0.1, -0.05) is 6.92 Å². The number of nitrogens with two attached hydrogens (primary N) is 1. The quantitative estimate of drug-likeness (QED) is 0.837. The standard InChI is InChI=1S/C12H19N3OS/c1-8-7-15(2)5-3-10(8)14-12(16)11-9(13)4-6-17-11/h4,6,8,10H,3,5,7,13H2,1-2H3,(H,14,16). The average molecular weight is 253 g/mol. The van der Waals surface area contributed by atoms with Gasteiger partial charge in [0.2, 0.25) is 0 Å². The number of nitrogen functional groups attached to an aromatic ring is 1. The fourth-order valence-electron chi connectivity index (χ4n) is 2.31. The van der Waals surface area contributed by atoms with Crippen LogP contribution in [-0.4, -0.2) is 37.0 Å². The van der Waals surface area contributed by atoms with E-state index in [1.54, 1.807) is 6.07 Å². The number of carbonyl (C=O) groups excluding carboxylic acids is 1. The van der Waals surface area contributed by atoms with Gasteiger partial charge >= 0.3 is 0 Å². The number of hydrogen-bond donors (Lipinski definition) is 2. The monoisotopic (exact) mass is 253 g/mol. The van der Waals surface area contributed by atoms with Crippen LogP contribution in [0, 0.1) is 5.92 Å². The molecule has 1 fully saturated rings. The number of carbonyl (C=O) groups is 1. The molecule has 0 aromatic carbocycles. The molecule has 0 saturated carbocycles. The molecule has 1 aliphatic heterocycles. The average Bonchev–Trinajstić information content (AvgIpc) is 2.68. The van der Waals surface area contributed by atoms with Crippen molar-refractivity contribution in [1.82, 2.24) is 10.2 Å². The number of rotatable bonds is 2. The summed E-state index contributed by atoms with van der Waals surface area (Å²) in [6.07, 6.45) is 1.01. The molecule has 0 radical (unpaired) electrons. The highest BCUT2D eigenvalue weighted by atomic mass is 32.1. The number of nitrogens with zero attached hydrogens (tertiary/aromatic N) is 1. The normalized spacial score (nSPS) is 25.8. The molecule has 1 aromatic rings. The topological polar surface area (TPSA) is 58.4 Å². The van der Waals surface area contributed by atoms with E-state index in [9.17, 15) is 4.79 Å². The highest BCUT2D eigenvalue weighted by Gasteiger charge is 2.26. The summed E-state index contributed by atoms with van der Waals surface area (Å²) in [4.78, 5) is 15.0. The van der Waals surface area contributed by atoms with E-state index < -0.39 is 0 Å². The third-order valence-corrected chi connectivity index (χ3v) is 4.26. The minimum atomic E-state index is -0.0288. The molecule has 0 bridgehead atoms. The van der Waals surface area contributed by atoms with Crippen LogP contribution >= 0.6 is 11.3 Å². The maximum atomic E-state index is 12.0. The lowest BCUT2D eigenvalue weighted by molar-refractivity contribution is 0.0889. The molecule has 0 aliphatic carbocycles.